The van der Waals surface area contributed by atoms with Crippen LogP contribution in [0, 0.1) is 0 Å². The number of amides is 1. The summed E-state index contributed by atoms with van der Waals surface area (Å²) in [6.07, 6.45) is 0.753. The van der Waals surface area contributed by atoms with E-state index in [-0.39, 0.29) is 18.2 Å². The molecule has 1 aliphatic heterocycles. The van der Waals surface area contributed by atoms with E-state index in [1.54, 1.807) is 36.1 Å². The Hall–Kier alpha value is -1.89. The van der Waals surface area contributed by atoms with Crippen LogP contribution in [0.1, 0.15) is 28.4 Å². The molecule has 3 rings (SSSR count). The first-order valence-corrected chi connectivity index (χ1v) is 10.1. The van der Waals surface area contributed by atoms with Gasteiger partial charge in [0.2, 0.25) is 10.0 Å². The van der Waals surface area contributed by atoms with Crippen LogP contribution < -0.4 is 9.62 Å². The SMILES string of the molecule is CCS(=O)(=O)NCc1ccc2c(c1)CCN2C(=O)c1ccc(Cl)cc1. The molecule has 0 unspecified atom stereocenters. The highest BCUT2D eigenvalue weighted by Gasteiger charge is 2.25. The monoisotopic (exact) mass is 378 g/mol. The highest BCUT2D eigenvalue weighted by atomic mass is 35.5. The third-order valence-corrected chi connectivity index (χ3v) is 5.85. The predicted octanol–water partition coefficient (Wildman–Crippen LogP) is 2.98. The lowest BCUT2D eigenvalue weighted by Crippen LogP contribution is -2.28. The Morgan fingerprint density at radius 2 is 1.92 bits per heavy atom. The van der Waals surface area contributed by atoms with Crippen LogP contribution in [0.25, 0.3) is 0 Å². The van der Waals surface area contributed by atoms with Crippen molar-refractivity contribution >= 4 is 33.2 Å². The van der Waals surface area contributed by atoms with Crippen LogP contribution in [-0.2, 0) is 23.0 Å². The summed E-state index contributed by atoms with van der Waals surface area (Å²) >= 11 is 5.87. The average molecular weight is 379 g/mol. The van der Waals surface area contributed by atoms with Crippen LogP contribution >= 0.6 is 11.6 Å². The summed E-state index contributed by atoms with van der Waals surface area (Å²) in [5, 5.41) is 0.595. The molecular weight excluding hydrogens is 360 g/mol. The van der Waals surface area contributed by atoms with Crippen molar-refractivity contribution in [3.05, 3.63) is 64.2 Å². The number of fused-ring (bicyclic) bond motifs is 1. The van der Waals surface area contributed by atoms with Gasteiger partial charge in [0, 0.05) is 29.4 Å². The fraction of sp³-hybridized carbons (Fsp3) is 0.278. The smallest absolute Gasteiger partial charge is 0.258 e. The number of rotatable bonds is 5. The lowest BCUT2D eigenvalue weighted by Gasteiger charge is -2.18. The van der Waals surface area contributed by atoms with E-state index in [9.17, 15) is 13.2 Å². The van der Waals surface area contributed by atoms with Crippen molar-refractivity contribution in [1.29, 1.82) is 0 Å². The minimum absolute atomic E-state index is 0.0569. The van der Waals surface area contributed by atoms with Crippen molar-refractivity contribution in [2.75, 3.05) is 17.2 Å². The highest BCUT2D eigenvalue weighted by Crippen LogP contribution is 2.30. The Morgan fingerprint density at radius 1 is 1.20 bits per heavy atom. The first-order valence-electron chi connectivity index (χ1n) is 8.06. The van der Waals surface area contributed by atoms with Gasteiger partial charge < -0.3 is 4.90 Å². The molecule has 7 heteroatoms. The van der Waals surface area contributed by atoms with Gasteiger partial charge in [-0.1, -0.05) is 23.7 Å². The topological polar surface area (TPSA) is 66.5 Å². The number of hydrogen-bond acceptors (Lipinski definition) is 3. The zero-order chi connectivity index (χ0) is 18.0. The van der Waals surface area contributed by atoms with Crippen molar-refractivity contribution in [2.24, 2.45) is 0 Å². The lowest BCUT2D eigenvalue weighted by atomic mass is 10.1. The normalized spacial score (nSPS) is 13.8. The number of nitrogens with zero attached hydrogens (tertiary/aromatic N) is 1. The number of hydrogen-bond donors (Lipinski definition) is 1. The van der Waals surface area contributed by atoms with Crippen LogP contribution in [0.4, 0.5) is 5.69 Å². The average Bonchev–Trinajstić information content (AvgIpc) is 3.03. The molecule has 0 spiro atoms. The number of benzene rings is 2. The molecule has 2 aromatic carbocycles. The Balaban J connectivity index is 1.77. The minimum atomic E-state index is -3.22. The van der Waals surface area contributed by atoms with Crippen molar-refractivity contribution in [3.63, 3.8) is 0 Å². The van der Waals surface area contributed by atoms with Gasteiger partial charge in [-0.05, 0) is 54.8 Å². The molecule has 0 saturated carbocycles. The second-order valence-electron chi connectivity index (χ2n) is 5.90. The molecule has 1 N–H and O–H groups in total. The van der Waals surface area contributed by atoms with Crippen LogP contribution in [0.15, 0.2) is 42.5 Å². The molecule has 132 valence electrons. The van der Waals surface area contributed by atoms with E-state index in [1.807, 2.05) is 18.2 Å². The Labute approximate surface area is 152 Å². The number of halogens is 1. The maximum atomic E-state index is 12.7. The van der Waals surface area contributed by atoms with Crippen molar-refractivity contribution in [1.82, 2.24) is 4.72 Å². The van der Waals surface area contributed by atoms with Gasteiger partial charge in [-0.3, -0.25) is 4.79 Å². The molecule has 1 aliphatic rings. The quantitative estimate of drug-likeness (QED) is 0.869. The van der Waals surface area contributed by atoms with Crippen molar-refractivity contribution in [3.8, 4) is 0 Å². The Morgan fingerprint density at radius 3 is 2.60 bits per heavy atom. The van der Waals surface area contributed by atoms with Gasteiger partial charge in [0.15, 0.2) is 0 Å². The van der Waals surface area contributed by atoms with E-state index in [0.717, 1.165) is 23.2 Å². The molecule has 0 bridgehead atoms. The molecule has 5 nitrogen and oxygen atoms in total. The van der Waals surface area contributed by atoms with Crippen LogP contribution in [-0.4, -0.2) is 26.6 Å². The van der Waals surface area contributed by atoms with E-state index >= 15 is 0 Å². The molecule has 0 atom stereocenters. The third kappa shape index (κ3) is 4.03. The number of carbonyl (C=O) groups excluding carboxylic acids is 1. The van der Waals surface area contributed by atoms with Gasteiger partial charge >= 0.3 is 0 Å². The van der Waals surface area contributed by atoms with Crippen LogP contribution in [0.3, 0.4) is 0 Å². The summed E-state index contributed by atoms with van der Waals surface area (Å²) in [4.78, 5) is 14.4. The molecule has 2 aromatic rings. The summed E-state index contributed by atoms with van der Waals surface area (Å²) in [5.74, 6) is -0.00346. The van der Waals surface area contributed by atoms with Gasteiger partial charge in [0.25, 0.3) is 5.91 Å². The first-order chi connectivity index (χ1) is 11.9. The molecule has 0 aliphatic carbocycles. The standard InChI is InChI=1S/C18H19ClN2O3S/c1-2-25(23,24)20-12-13-3-8-17-15(11-13)9-10-21(17)18(22)14-4-6-16(19)7-5-14/h3-8,11,20H,2,9-10,12H2,1H3. The molecule has 1 heterocycles. The summed E-state index contributed by atoms with van der Waals surface area (Å²) in [7, 11) is -3.22. The second kappa shape index (κ2) is 7.15. The first kappa shape index (κ1) is 17.9. The van der Waals surface area contributed by atoms with Gasteiger partial charge in [0.05, 0.1) is 5.75 Å². The fourth-order valence-electron chi connectivity index (χ4n) is 2.82. The number of anilines is 1. The summed E-state index contributed by atoms with van der Waals surface area (Å²) in [6.45, 7) is 2.47. The van der Waals surface area contributed by atoms with E-state index in [4.69, 9.17) is 11.6 Å². The van der Waals surface area contributed by atoms with E-state index in [0.29, 0.717) is 17.1 Å². The summed E-state index contributed by atoms with van der Waals surface area (Å²) in [6, 6.07) is 12.5. The van der Waals surface area contributed by atoms with E-state index in [2.05, 4.69) is 4.72 Å². The molecule has 0 radical (unpaired) electrons. The highest BCUT2D eigenvalue weighted by molar-refractivity contribution is 7.89. The van der Waals surface area contributed by atoms with Crippen molar-refractivity contribution < 1.29 is 13.2 Å². The molecule has 25 heavy (non-hydrogen) atoms. The summed E-state index contributed by atoms with van der Waals surface area (Å²) in [5.41, 5.74) is 3.41. The largest absolute Gasteiger partial charge is 0.308 e. The van der Waals surface area contributed by atoms with Gasteiger partial charge in [0.1, 0.15) is 0 Å². The van der Waals surface area contributed by atoms with Crippen LogP contribution in [0.2, 0.25) is 5.02 Å². The molecule has 1 amide bonds. The van der Waals surface area contributed by atoms with E-state index < -0.39 is 10.0 Å². The second-order valence-corrected chi connectivity index (χ2v) is 8.43. The number of carbonyl (C=O) groups is 1. The third-order valence-electron chi connectivity index (χ3n) is 4.25. The summed E-state index contributed by atoms with van der Waals surface area (Å²) < 4.78 is 25.7. The van der Waals surface area contributed by atoms with Crippen LogP contribution in [0.5, 0.6) is 0 Å². The number of nitrogens with one attached hydrogen (secondary N) is 1. The number of sulfonamides is 1. The predicted molar refractivity (Wildman–Crippen MR) is 99.6 cm³/mol. The maximum absolute atomic E-state index is 12.7. The zero-order valence-electron chi connectivity index (χ0n) is 13.8. The van der Waals surface area contributed by atoms with Gasteiger partial charge in [-0.2, -0.15) is 0 Å². The van der Waals surface area contributed by atoms with Crippen molar-refractivity contribution in [2.45, 2.75) is 19.9 Å². The minimum Gasteiger partial charge on any atom is -0.308 e. The Kier molecular flexibility index (Phi) is 5.13. The zero-order valence-corrected chi connectivity index (χ0v) is 15.4. The molecule has 0 saturated heterocycles. The molecule has 0 fully saturated rings. The molecular formula is C18H19ClN2O3S. The molecule has 0 aromatic heterocycles. The van der Waals surface area contributed by atoms with E-state index in [1.165, 1.54) is 0 Å². The van der Waals surface area contributed by atoms with Gasteiger partial charge in [-0.25, -0.2) is 13.1 Å². The fourth-order valence-corrected chi connectivity index (χ4v) is 3.54. The van der Waals surface area contributed by atoms with Gasteiger partial charge in [-0.15, -0.1) is 0 Å². The lowest BCUT2D eigenvalue weighted by molar-refractivity contribution is 0.0989. The Bertz CT molecular complexity index is 895. The maximum Gasteiger partial charge on any atom is 0.258 e.